The van der Waals surface area contributed by atoms with Crippen LogP contribution >= 0.6 is 11.6 Å². The lowest BCUT2D eigenvalue weighted by Gasteiger charge is -2.22. The average molecular weight is 393 g/mol. The number of para-hydroxylation sites is 1. The Balaban J connectivity index is 1.94. The maximum absolute atomic E-state index is 13.1. The molecule has 5 nitrogen and oxygen atoms in total. The number of likely N-dealkylation sites (N-methyl/N-ethyl adjacent to an activating group) is 1. The lowest BCUT2D eigenvalue weighted by molar-refractivity contribution is -0.139. The molecule has 0 heterocycles. The molecule has 0 fully saturated rings. The molecule has 1 N–H and O–H groups in total. The molecular formula is C20H22ClFN2O3. The molecule has 0 aromatic heterocycles. The quantitative estimate of drug-likeness (QED) is 0.777. The zero-order valence-corrected chi connectivity index (χ0v) is 16.2. The predicted octanol–water partition coefficient (Wildman–Crippen LogP) is 3.91. The van der Waals surface area contributed by atoms with Gasteiger partial charge in [-0.3, -0.25) is 9.59 Å². The standard InChI is InChI=1S/C20H22ClFN2O3/c1-4-14-7-5-6-8-17(14)23-19(25)12-24(3)20(26)13(2)27-18-10-9-15(22)11-16(18)21/h5-11,13H,4,12H2,1-3H3,(H,23,25). The van der Waals surface area contributed by atoms with Gasteiger partial charge in [-0.05, 0) is 43.2 Å². The van der Waals surface area contributed by atoms with Gasteiger partial charge >= 0.3 is 0 Å². The molecule has 0 spiro atoms. The van der Waals surface area contributed by atoms with E-state index in [9.17, 15) is 14.0 Å². The number of amides is 2. The van der Waals surface area contributed by atoms with Crippen LogP contribution in [0.3, 0.4) is 0 Å². The van der Waals surface area contributed by atoms with Crippen LogP contribution in [-0.2, 0) is 16.0 Å². The second-order valence-corrected chi connectivity index (χ2v) is 6.50. The highest BCUT2D eigenvalue weighted by atomic mass is 35.5. The van der Waals surface area contributed by atoms with Crippen LogP contribution in [0.1, 0.15) is 19.4 Å². The Morgan fingerprint density at radius 2 is 1.96 bits per heavy atom. The molecule has 2 amide bonds. The first kappa shape index (κ1) is 20.7. The smallest absolute Gasteiger partial charge is 0.263 e. The molecule has 2 aromatic rings. The number of anilines is 1. The summed E-state index contributed by atoms with van der Waals surface area (Å²) in [5.41, 5.74) is 1.75. The van der Waals surface area contributed by atoms with Crippen LogP contribution < -0.4 is 10.1 Å². The molecule has 144 valence electrons. The summed E-state index contributed by atoms with van der Waals surface area (Å²) in [6.07, 6.45) is -0.0946. The first-order valence-electron chi connectivity index (χ1n) is 8.56. The van der Waals surface area contributed by atoms with Crippen molar-refractivity contribution in [3.05, 3.63) is 58.9 Å². The molecule has 0 aliphatic heterocycles. The summed E-state index contributed by atoms with van der Waals surface area (Å²) < 4.78 is 18.6. The molecule has 0 aliphatic rings. The highest BCUT2D eigenvalue weighted by molar-refractivity contribution is 6.32. The average Bonchev–Trinajstić information content (AvgIpc) is 2.63. The Morgan fingerprint density at radius 3 is 2.63 bits per heavy atom. The zero-order valence-electron chi connectivity index (χ0n) is 15.5. The fourth-order valence-corrected chi connectivity index (χ4v) is 2.77. The monoisotopic (exact) mass is 392 g/mol. The number of ether oxygens (including phenoxy) is 1. The molecule has 2 aromatic carbocycles. The maximum atomic E-state index is 13.1. The van der Waals surface area contributed by atoms with Gasteiger partial charge in [0.25, 0.3) is 5.91 Å². The van der Waals surface area contributed by atoms with Gasteiger partial charge in [0.2, 0.25) is 5.91 Å². The second kappa shape index (κ2) is 9.37. The topological polar surface area (TPSA) is 58.6 Å². The van der Waals surface area contributed by atoms with Crippen molar-refractivity contribution in [2.24, 2.45) is 0 Å². The van der Waals surface area contributed by atoms with Crippen LogP contribution in [0.4, 0.5) is 10.1 Å². The van der Waals surface area contributed by atoms with E-state index >= 15 is 0 Å². The molecule has 1 unspecified atom stereocenters. The van der Waals surface area contributed by atoms with Crippen LogP contribution in [0.2, 0.25) is 5.02 Å². The Bertz CT molecular complexity index is 829. The highest BCUT2D eigenvalue weighted by Crippen LogP contribution is 2.26. The summed E-state index contributed by atoms with van der Waals surface area (Å²) in [4.78, 5) is 26.0. The highest BCUT2D eigenvalue weighted by Gasteiger charge is 2.22. The van der Waals surface area contributed by atoms with Gasteiger partial charge in [0.15, 0.2) is 6.10 Å². The number of carbonyl (C=O) groups excluding carboxylic acids is 2. The number of benzene rings is 2. The minimum absolute atomic E-state index is 0.0752. The van der Waals surface area contributed by atoms with E-state index < -0.39 is 17.8 Å². The van der Waals surface area contributed by atoms with Gasteiger partial charge in [-0.1, -0.05) is 36.7 Å². The minimum Gasteiger partial charge on any atom is -0.479 e. The predicted molar refractivity (Wildman–Crippen MR) is 104 cm³/mol. The number of hydrogen-bond acceptors (Lipinski definition) is 3. The summed E-state index contributed by atoms with van der Waals surface area (Å²) in [6.45, 7) is 3.42. The van der Waals surface area contributed by atoms with Crippen molar-refractivity contribution in [2.45, 2.75) is 26.4 Å². The lowest BCUT2D eigenvalue weighted by Crippen LogP contribution is -2.42. The number of nitrogens with one attached hydrogen (secondary N) is 1. The van der Waals surface area contributed by atoms with E-state index in [0.717, 1.165) is 23.7 Å². The molecule has 1 atom stereocenters. The van der Waals surface area contributed by atoms with Crippen LogP contribution in [0.5, 0.6) is 5.75 Å². The molecule has 0 radical (unpaired) electrons. The van der Waals surface area contributed by atoms with E-state index in [0.29, 0.717) is 0 Å². The SMILES string of the molecule is CCc1ccccc1NC(=O)CN(C)C(=O)C(C)Oc1ccc(F)cc1Cl. The number of rotatable bonds is 7. The van der Waals surface area contributed by atoms with Crippen molar-refractivity contribution in [3.8, 4) is 5.75 Å². The third kappa shape index (κ3) is 5.69. The van der Waals surface area contributed by atoms with Crippen molar-refractivity contribution in [2.75, 3.05) is 18.9 Å². The third-order valence-electron chi connectivity index (χ3n) is 3.97. The molecule has 0 aliphatic carbocycles. The Labute approximate surface area is 163 Å². The van der Waals surface area contributed by atoms with E-state index in [2.05, 4.69) is 5.32 Å². The van der Waals surface area contributed by atoms with Crippen LogP contribution in [-0.4, -0.2) is 36.4 Å². The summed E-state index contributed by atoms with van der Waals surface area (Å²) in [7, 11) is 1.51. The van der Waals surface area contributed by atoms with Crippen LogP contribution in [0, 0.1) is 5.82 Å². The van der Waals surface area contributed by atoms with Gasteiger partial charge in [0.1, 0.15) is 11.6 Å². The van der Waals surface area contributed by atoms with Crippen molar-refractivity contribution < 1.29 is 18.7 Å². The van der Waals surface area contributed by atoms with E-state index in [-0.39, 0.29) is 23.2 Å². The lowest BCUT2D eigenvalue weighted by atomic mass is 10.1. The maximum Gasteiger partial charge on any atom is 0.263 e. The number of hydrogen-bond donors (Lipinski definition) is 1. The van der Waals surface area contributed by atoms with E-state index in [4.69, 9.17) is 16.3 Å². The fourth-order valence-electron chi connectivity index (χ4n) is 2.56. The second-order valence-electron chi connectivity index (χ2n) is 6.09. The summed E-state index contributed by atoms with van der Waals surface area (Å²) in [6, 6.07) is 11.2. The molecule has 0 saturated heterocycles. The van der Waals surface area contributed by atoms with Gasteiger partial charge in [0, 0.05) is 12.7 Å². The van der Waals surface area contributed by atoms with Gasteiger partial charge in [-0.25, -0.2) is 4.39 Å². The summed E-state index contributed by atoms with van der Waals surface area (Å²) in [5, 5.41) is 2.89. The number of carbonyl (C=O) groups is 2. The van der Waals surface area contributed by atoms with Crippen molar-refractivity contribution in [1.82, 2.24) is 4.90 Å². The van der Waals surface area contributed by atoms with Crippen LogP contribution in [0.15, 0.2) is 42.5 Å². The number of aryl methyl sites for hydroxylation is 1. The molecule has 0 saturated carbocycles. The minimum atomic E-state index is -0.881. The first-order chi connectivity index (χ1) is 12.8. The summed E-state index contributed by atoms with van der Waals surface area (Å²) in [5.74, 6) is -0.991. The number of nitrogens with zero attached hydrogens (tertiary/aromatic N) is 1. The first-order valence-corrected chi connectivity index (χ1v) is 8.94. The van der Waals surface area contributed by atoms with E-state index in [1.54, 1.807) is 6.92 Å². The molecule has 27 heavy (non-hydrogen) atoms. The Morgan fingerprint density at radius 1 is 1.26 bits per heavy atom. The molecule has 0 bridgehead atoms. The normalized spacial score (nSPS) is 11.6. The van der Waals surface area contributed by atoms with E-state index in [1.165, 1.54) is 24.1 Å². The Kier molecular flexibility index (Phi) is 7.19. The van der Waals surface area contributed by atoms with E-state index in [1.807, 2.05) is 31.2 Å². The van der Waals surface area contributed by atoms with Gasteiger partial charge in [-0.15, -0.1) is 0 Å². The summed E-state index contributed by atoms with van der Waals surface area (Å²) >= 11 is 5.91. The van der Waals surface area contributed by atoms with Gasteiger partial charge in [-0.2, -0.15) is 0 Å². The molecular weight excluding hydrogens is 371 g/mol. The van der Waals surface area contributed by atoms with Gasteiger partial charge in [0.05, 0.1) is 11.6 Å². The number of halogens is 2. The van der Waals surface area contributed by atoms with Gasteiger partial charge < -0.3 is 15.0 Å². The van der Waals surface area contributed by atoms with Crippen molar-refractivity contribution in [3.63, 3.8) is 0 Å². The van der Waals surface area contributed by atoms with Crippen molar-refractivity contribution in [1.29, 1.82) is 0 Å². The zero-order chi connectivity index (χ0) is 20.0. The Hall–Kier alpha value is -2.60. The molecule has 7 heteroatoms. The van der Waals surface area contributed by atoms with Crippen LogP contribution in [0.25, 0.3) is 0 Å². The molecule has 2 rings (SSSR count). The fraction of sp³-hybridized carbons (Fsp3) is 0.300. The third-order valence-corrected chi connectivity index (χ3v) is 4.27. The largest absolute Gasteiger partial charge is 0.479 e. The van der Waals surface area contributed by atoms with Crippen molar-refractivity contribution >= 4 is 29.1 Å².